The van der Waals surface area contributed by atoms with Crippen LogP contribution in [0.1, 0.15) is 25.7 Å². The second-order valence-electron chi connectivity index (χ2n) is 5.87. The summed E-state index contributed by atoms with van der Waals surface area (Å²) >= 11 is 0. The van der Waals surface area contributed by atoms with Gasteiger partial charge in [-0.1, -0.05) is 18.2 Å². The Hall–Kier alpha value is -1.63. The number of ether oxygens (including phenoxy) is 1. The minimum Gasteiger partial charge on any atom is -0.494 e. The lowest BCUT2D eigenvalue weighted by Gasteiger charge is -2.40. The van der Waals surface area contributed by atoms with Gasteiger partial charge in [-0.15, -0.1) is 0 Å². The maximum absolute atomic E-state index is 11.1. The first-order valence-electron chi connectivity index (χ1n) is 7.42. The number of hydrogen-bond acceptors (Lipinski definition) is 5. The van der Waals surface area contributed by atoms with Crippen LogP contribution >= 0.6 is 0 Å². The maximum Gasteiger partial charge on any atom is 0.335 e. The highest BCUT2D eigenvalue weighted by Crippen LogP contribution is 2.35. The van der Waals surface area contributed by atoms with Crippen molar-refractivity contribution in [3.05, 3.63) is 30.3 Å². The molecule has 0 aromatic heterocycles. The van der Waals surface area contributed by atoms with Gasteiger partial charge in [-0.3, -0.25) is 0 Å². The predicted octanol–water partition coefficient (Wildman–Crippen LogP) is 0.793. The van der Waals surface area contributed by atoms with Crippen LogP contribution in [0.3, 0.4) is 0 Å². The van der Waals surface area contributed by atoms with Crippen LogP contribution in [-0.2, 0) is 4.79 Å². The Morgan fingerprint density at radius 2 is 1.91 bits per heavy atom. The van der Waals surface area contributed by atoms with Gasteiger partial charge in [0.2, 0.25) is 0 Å². The van der Waals surface area contributed by atoms with Gasteiger partial charge >= 0.3 is 5.97 Å². The maximum atomic E-state index is 11.1. The van der Waals surface area contributed by atoms with Crippen molar-refractivity contribution < 1.29 is 30.0 Å². The molecule has 4 N–H and O–H groups in total. The van der Waals surface area contributed by atoms with Gasteiger partial charge < -0.3 is 25.2 Å². The summed E-state index contributed by atoms with van der Waals surface area (Å²) in [5, 5.41) is 38.8. The van der Waals surface area contributed by atoms with Gasteiger partial charge in [-0.05, 0) is 37.3 Å². The van der Waals surface area contributed by atoms with E-state index in [0.717, 1.165) is 5.75 Å². The Balaban J connectivity index is 1.84. The SMILES string of the molecule is O=C(O)C1(O)CC(O)C(O)C(CCCOc2ccccc2)C1. The fraction of sp³-hybridized carbons (Fsp3) is 0.562. The molecular weight excluding hydrogens is 288 g/mol. The summed E-state index contributed by atoms with van der Waals surface area (Å²) in [6.07, 6.45) is -1.59. The molecule has 0 saturated heterocycles. The average Bonchev–Trinajstić information content (AvgIpc) is 2.49. The average molecular weight is 310 g/mol. The first-order valence-corrected chi connectivity index (χ1v) is 7.42. The minimum absolute atomic E-state index is 0.0636. The number of para-hydroxylation sites is 1. The number of hydrogen-bond donors (Lipinski definition) is 4. The van der Waals surface area contributed by atoms with Crippen LogP contribution in [0.2, 0.25) is 0 Å². The molecule has 0 bridgehead atoms. The zero-order valence-corrected chi connectivity index (χ0v) is 12.3. The van der Waals surface area contributed by atoms with Gasteiger partial charge in [0.15, 0.2) is 5.60 Å². The molecule has 122 valence electrons. The largest absolute Gasteiger partial charge is 0.494 e. The summed E-state index contributed by atoms with van der Waals surface area (Å²) in [7, 11) is 0. The Kier molecular flexibility index (Phi) is 5.39. The number of benzene rings is 1. The van der Waals surface area contributed by atoms with Gasteiger partial charge in [0.1, 0.15) is 5.75 Å². The predicted molar refractivity (Wildman–Crippen MR) is 78.5 cm³/mol. The lowest BCUT2D eigenvalue weighted by atomic mass is 9.73. The molecule has 22 heavy (non-hydrogen) atoms. The molecule has 0 heterocycles. The summed E-state index contributed by atoms with van der Waals surface area (Å²) < 4.78 is 5.54. The van der Waals surface area contributed by atoms with Crippen LogP contribution in [0.5, 0.6) is 5.75 Å². The van der Waals surface area contributed by atoms with Crippen molar-refractivity contribution in [3.8, 4) is 5.75 Å². The van der Waals surface area contributed by atoms with Crippen LogP contribution in [0.15, 0.2) is 30.3 Å². The smallest absolute Gasteiger partial charge is 0.335 e. The fourth-order valence-electron chi connectivity index (χ4n) is 2.92. The van der Waals surface area contributed by atoms with Crippen molar-refractivity contribution >= 4 is 5.97 Å². The Bertz CT molecular complexity index is 491. The fourth-order valence-corrected chi connectivity index (χ4v) is 2.92. The van der Waals surface area contributed by atoms with E-state index in [0.29, 0.717) is 19.4 Å². The van der Waals surface area contributed by atoms with Crippen LogP contribution < -0.4 is 4.74 Å². The van der Waals surface area contributed by atoms with E-state index in [1.165, 1.54) is 0 Å². The third kappa shape index (κ3) is 3.97. The van der Waals surface area contributed by atoms with E-state index in [2.05, 4.69) is 0 Å². The Morgan fingerprint density at radius 3 is 2.55 bits per heavy atom. The molecule has 2 rings (SSSR count). The standard InChI is InChI=1S/C16H22O6/c17-13-10-16(21,15(19)20)9-11(14(13)18)5-4-8-22-12-6-2-1-3-7-12/h1-3,6-7,11,13-14,17-18,21H,4-5,8-10H2,(H,19,20). The van der Waals surface area contributed by atoms with Gasteiger partial charge in [-0.25, -0.2) is 4.79 Å². The molecule has 1 aromatic rings. The van der Waals surface area contributed by atoms with Crippen molar-refractivity contribution in [1.29, 1.82) is 0 Å². The highest BCUT2D eigenvalue weighted by Gasteiger charge is 2.48. The first kappa shape index (κ1) is 16.7. The summed E-state index contributed by atoms with van der Waals surface area (Å²) in [6, 6.07) is 9.29. The van der Waals surface area contributed by atoms with E-state index in [-0.39, 0.29) is 12.8 Å². The minimum atomic E-state index is -1.97. The van der Waals surface area contributed by atoms with Crippen molar-refractivity contribution in [3.63, 3.8) is 0 Å². The molecule has 1 fully saturated rings. The van der Waals surface area contributed by atoms with Crippen LogP contribution in [0, 0.1) is 5.92 Å². The van der Waals surface area contributed by atoms with Crippen molar-refractivity contribution in [1.82, 2.24) is 0 Å². The monoisotopic (exact) mass is 310 g/mol. The van der Waals surface area contributed by atoms with E-state index in [4.69, 9.17) is 9.84 Å². The quantitative estimate of drug-likeness (QED) is 0.579. The lowest BCUT2D eigenvalue weighted by molar-refractivity contribution is -0.179. The summed E-state index contributed by atoms with van der Waals surface area (Å²) in [4.78, 5) is 11.1. The molecule has 1 aliphatic rings. The Morgan fingerprint density at radius 1 is 1.23 bits per heavy atom. The second-order valence-corrected chi connectivity index (χ2v) is 5.87. The number of carboxylic acid groups (broad SMARTS) is 1. The molecular formula is C16H22O6. The molecule has 4 atom stereocenters. The van der Waals surface area contributed by atoms with Crippen molar-refractivity contribution in [2.45, 2.75) is 43.5 Å². The number of carbonyl (C=O) groups is 1. The topological polar surface area (TPSA) is 107 Å². The zero-order valence-electron chi connectivity index (χ0n) is 12.3. The van der Waals surface area contributed by atoms with Gasteiger partial charge in [0, 0.05) is 6.42 Å². The molecule has 0 aliphatic heterocycles. The number of carboxylic acids is 1. The molecule has 0 spiro atoms. The number of aliphatic hydroxyl groups is 3. The lowest BCUT2D eigenvalue weighted by Crippen LogP contribution is -2.53. The van der Waals surface area contributed by atoms with Crippen LogP contribution in [-0.4, -0.2) is 50.8 Å². The van der Waals surface area contributed by atoms with Gasteiger partial charge in [-0.2, -0.15) is 0 Å². The van der Waals surface area contributed by atoms with E-state index in [1.807, 2.05) is 30.3 Å². The molecule has 6 nitrogen and oxygen atoms in total. The molecule has 1 saturated carbocycles. The van der Waals surface area contributed by atoms with Crippen LogP contribution in [0.25, 0.3) is 0 Å². The summed E-state index contributed by atoms with van der Waals surface area (Å²) in [5.74, 6) is -1.08. The molecule has 0 radical (unpaired) electrons. The molecule has 0 amide bonds. The van der Waals surface area contributed by atoms with Gasteiger partial charge in [0.05, 0.1) is 18.8 Å². The zero-order chi connectivity index (χ0) is 16.2. The summed E-state index contributed by atoms with van der Waals surface area (Å²) in [6.45, 7) is 0.425. The Labute approximate surface area is 129 Å². The van der Waals surface area contributed by atoms with Crippen molar-refractivity contribution in [2.24, 2.45) is 5.92 Å². The summed E-state index contributed by atoms with van der Waals surface area (Å²) in [5.41, 5.74) is -1.97. The number of rotatable bonds is 6. The normalized spacial score (nSPS) is 31.7. The van der Waals surface area contributed by atoms with E-state index < -0.39 is 29.7 Å². The van der Waals surface area contributed by atoms with E-state index in [1.54, 1.807) is 0 Å². The second kappa shape index (κ2) is 7.09. The highest BCUT2D eigenvalue weighted by atomic mass is 16.5. The van der Waals surface area contributed by atoms with E-state index >= 15 is 0 Å². The number of aliphatic carboxylic acids is 1. The molecule has 4 unspecified atom stereocenters. The van der Waals surface area contributed by atoms with Crippen molar-refractivity contribution in [2.75, 3.05) is 6.61 Å². The van der Waals surface area contributed by atoms with Crippen LogP contribution in [0.4, 0.5) is 0 Å². The molecule has 6 heteroatoms. The third-order valence-corrected chi connectivity index (χ3v) is 4.15. The highest BCUT2D eigenvalue weighted by molar-refractivity contribution is 5.77. The first-order chi connectivity index (χ1) is 10.4. The third-order valence-electron chi connectivity index (χ3n) is 4.15. The number of aliphatic hydroxyl groups excluding tert-OH is 2. The molecule has 1 aromatic carbocycles. The van der Waals surface area contributed by atoms with Gasteiger partial charge in [0.25, 0.3) is 0 Å². The molecule has 1 aliphatic carbocycles. The van der Waals surface area contributed by atoms with E-state index in [9.17, 15) is 20.1 Å².